The molecule has 0 unspecified atom stereocenters. The van der Waals surface area contributed by atoms with Gasteiger partial charge in [-0.1, -0.05) is 183 Å². The number of para-hydroxylation sites is 1. The van der Waals surface area contributed by atoms with Gasteiger partial charge in [-0.15, -0.1) is 0 Å². The molecule has 8 aromatic carbocycles. The number of rotatable bonds is 8. The van der Waals surface area contributed by atoms with Gasteiger partial charge in [0.1, 0.15) is 0 Å². The van der Waals surface area contributed by atoms with E-state index in [4.69, 9.17) is 15.0 Å². The maximum absolute atomic E-state index is 5.28. The van der Waals surface area contributed by atoms with E-state index in [1.54, 1.807) is 0 Å². The van der Waals surface area contributed by atoms with Crippen molar-refractivity contribution in [3.05, 3.63) is 212 Å². The minimum Gasteiger partial charge on any atom is -0.308 e. The lowest BCUT2D eigenvalue weighted by Crippen LogP contribution is -2.04. The largest absolute Gasteiger partial charge is 0.308 e. The SMILES string of the molecule is C=Cc1ccc2c(c1)c1ccccc1n2-c1cc(-c2ccccc2)ccc1-c1nc(-c2ccc(-c3ccccc3)cc2)nc(-c2ccc(-c3ccccc3)cc2)n1. The molecular formula is C53H36N4. The Hall–Kier alpha value is -7.69. The summed E-state index contributed by atoms with van der Waals surface area (Å²) in [5.74, 6) is 1.81. The van der Waals surface area contributed by atoms with Gasteiger partial charge in [-0.3, -0.25) is 0 Å². The standard InChI is InChI=1S/C53H36N4/c1-2-36-22-33-49-47(34-36)45-20-12-13-21-48(45)57(49)50-35-44(39-18-10-5-11-19-39)31-32-46(50)53-55-51(42-27-23-40(24-28-42)37-14-6-3-7-15-37)54-52(56-53)43-29-25-41(26-30-43)38-16-8-4-9-17-38/h2-35H,1H2. The number of nitrogens with zero attached hydrogens (tertiary/aromatic N) is 4. The number of hydrogen-bond acceptors (Lipinski definition) is 3. The molecule has 268 valence electrons. The average Bonchev–Trinajstić information content (AvgIpc) is 3.63. The lowest BCUT2D eigenvalue weighted by Gasteiger charge is -2.16. The van der Waals surface area contributed by atoms with Crippen molar-refractivity contribution in [3.63, 3.8) is 0 Å². The molecular weight excluding hydrogens is 693 g/mol. The summed E-state index contributed by atoms with van der Waals surface area (Å²) in [5, 5.41) is 2.33. The van der Waals surface area contributed by atoms with E-state index in [1.807, 2.05) is 18.2 Å². The van der Waals surface area contributed by atoms with Crippen LogP contribution < -0.4 is 0 Å². The predicted octanol–water partition coefficient (Wildman–Crippen LogP) is 13.6. The summed E-state index contributed by atoms with van der Waals surface area (Å²) in [6.07, 6.45) is 1.90. The van der Waals surface area contributed by atoms with Crippen LogP contribution in [0.4, 0.5) is 0 Å². The van der Waals surface area contributed by atoms with E-state index in [0.717, 1.165) is 77.7 Å². The van der Waals surface area contributed by atoms with Crippen LogP contribution in [0.1, 0.15) is 5.56 Å². The Balaban J connectivity index is 1.20. The average molecular weight is 729 g/mol. The first-order valence-corrected chi connectivity index (χ1v) is 19.1. The van der Waals surface area contributed by atoms with Crippen molar-refractivity contribution in [1.82, 2.24) is 19.5 Å². The zero-order valence-corrected chi connectivity index (χ0v) is 31.1. The van der Waals surface area contributed by atoms with E-state index < -0.39 is 0 Å². The highest BCUT2D eigenvalue weighted by Gasteiger charge is 2.20. The van der Waals surface area contributed by atoms with Crippen LogP contribution >= 0.6 is 0 Å². The normalized spacial score (nSPS) is 11.2. The van der Waals surface area contributed by atoms with Crippen molar-refractivity contribution in [2.75, 3.05) is 0 Å². The van der Waals surface area contributed by atoms with Crippen LogP contribution in [0, 0.1) is 0 Å². The molecule has 0 N–H and O–H groups in total. The van der Waals surface area contributed by atoms with Crippen LogP contribution in [0.5, 0.6) is 0 Å². The topological polar surface area (TPSA) is 43.6 Å². The highest BCUT2D eigenvalue weighted by atomic mass is 15.1. The minimum absolute atomic E-state index is 0.595. The molecule has 0 saturated heterocycles. The summed E-state index contributed by atoms with van der Waals surface area (Å²) in [6.45, 7) is 4.06. The van der Waals surface area contributed by atoms with E-state index >= 15 is 0 Å². The van der Waals surface area contributed by atoms with Crippen molar-refractivity contribution < 1.29 is 0 Å². The number of benzene rings is 8. The summed E-state index contributed by atoms with van der Waals surface area (Å²) in [4.78, 5) is 15.7. The Labute approximate surface area is 331 Å². The van der Waals surface area contributed by atoms with Gasteiger partial charge in [0.05, 0.1) is 16.7 Å². The van der Waals surface area contributed by atoms with E-state index in [1.165, 1.54) is 5.39 Å². The van der Waals surface area contributed by atoms with Crippen LogP contribution in [0.15, 0.2) is 207 Å². The molecule has 10 rings (SSSR count). The highest BCUT2D eigenvalue weighted by Crippen LogP contribution is 2.39. The van der Waals surface area contributed by atoms with E-state index in [0.29, 0.717) is 17.5 Å². The molecule has 57 heavy (non-hydrogen) atoms. The smallest absolute Gasteiger partial charge is 0.166 e. The molecule has 0 bridgehead atoms. The molecule has 0 amide bonds. The molecule has 4 heteroatoms. The number of fused-ring (bicyclic) bond motifs is 3. The molecule has 0 spiro atoms. The van der Waals surface area contributed by atoms with Crippen LogP contribution in [0.3, 0.4) is 0 Å². The van der Waals surface area contributed by atoms with Gasteiger partial charge in [0.2, 0.25) is 0 Å². The van der Waals surface area contributed by atoms with Gasteiger partial charge in [-0.2, -0.15) is 0 Å². The summed E-state index contributed by atoms with van der Waals surface area (Å²) in [6, 6.07) is 70.0. The van der Waals surface area contributed by atoms with E-state index in [-0.39, 0.29) is 0 Å². The van der Waals surface area contributed by atoms with Gasteiger partial charge in [0, 0.05) is 27.5 Å². The zero-order valence-electron chi connectivity index (χ0n) is 31.1. The predicted molar refractivity (Wildman–Crippen MR) is 237 cm³/mol. The molecule has 2 heterocycles. The van der Waals surface area contributed by atoms with Gasteiger partial charge in [-0.25, -0.2) is 15.0 Å². The highest BCUT2D eigenvalue weighted by molar-refractivity contribution is 6.10. The van der Waals surface area contributed by atoms with E-state index in [2.05, 4.69) is 199 Å². The zero-order chi connectivity index (χ0) is 38.1. The Bertz CT molecular complexity index is 2940. The lowest BCUT2D eigenvalue weighted by molar-refractivity contribution is 1.06. The third kappa shape index (κ3) is 6.39. The third-order valence-corrected chi connectivity index (χ3v) is 10.7. The van der Waals surface area contributed by atoms with Crippen molar-refractivity contribution >= 4 is 27.9 Å². The molecule has 0 atom stereocenters. The molecule has 2 aromatic heterocycles. The Morgan fingerprint density at radius 3 is 1.35 bits per heavy atom. The van der Waals surface area contributed by atoms with Gasteiger partial charge in [0.15, 0.2) is 17.5 Å². The fourth-order valence-corrected chi connectivity index (χ4v) is 7.73. The Morgan fingerprint density at radius 2 is 0.789 bits per heavy atom. The second kappa shape index (κ2) is 14.5. The Kier molecular flexibility index (Phi) is 8.62. The van der Waals surface area contributed by atoms with Crippen molar-refractivity contribution in [2.24, 2.45) is 0 Å². The quantitative estimate of drug-likeness (QED) is 0.156. The minimum atomic E-state index is 0.595. The summed E-state index contributed by atoms with van der Waals surface area (Å²) >= 11 is 0. The maximum Gasteiger partial charge on any atom is 0.166 e. The van der Waals surface area contributed by atoms with Crippen molar-refractivity contribution in [3.8, 4) is 73.2 Å². The van der Waals surface area contributed by atoms with Gasteiger partial charge in [-0.05, 0) is 69.3 Å². The lowest BCUT2D eigenvalue weighted by atomic mass is 10.0. The fourth-order valence-electron chi connectivity index (χ4n) is 7.73. The molecule has 0 fully saturated rings. The van der Waals surface area contributed by atoms with Crippen molar-refractivity contribution in [2.45, 2.75) is 0 Å². The molecule has 4 nitrogen and oxygen atoms in total. The molecule has 0 aliphatic rings. The van der Waals surface area contributed by atoms with Crippen LogP contribution in [-0.4, -0.2) is 19.5 Å². The first-order valence-electron chi connectivity index (χ1n) is 19.1. The fraction of sp³-hybridized carbons (Fsp3) is 0. The Morgan fingerprint density at radius 1 is 0.351 bits per heavy atom. The van der Waals surface area contributed by atoms with Crippen LogP contribution in [0.25, 0.3) is 101 Å². The van der Waals surface area contributed by atoms with Gasteiger partial charge < -0.3 is 4.57 Å². The molecule has 0 saturated carbocycles. The second-order valence-corrected chi connectivity index (χ2v) is 14.1. The van der Waals surface area contributed by atoms with Crippen LogP contribution in [-0.2, 0) is 0 Å². The van der Waals surface area contributed by atoms with Gasteiger partial charge >= 0.3 is 0 Å². The first kappa shape index (κ1) is 33.8. The third-order valence-electron chi connectivity index (χ3n) is 10.7. The first-order chi connectivity index (χ1) is 28.2. The second-order valence-electron chi connectivity index (χ2n) is 14.1. The molecule has 0 radical (unpaired) electrons. The van der Waals surface area contributed by atoms with Gasteiger partial charge in [0.25, 0.3) is 0 Å². The summed E-state index contributed by atoms with van der Waals surface area (Å²) in [5.41, 5.74) is 13.8. The molecule has 0 aliphatic heterocycles. The number of hydrogen-bond donors (Lipinski definition) is 0. The summed E-state index contributed by atoms with van der Waals surface area (Å²) < 4.78 is 2.35. The monoisotopic (exact) mass is 728 g/mol. The number of aromatic nitrogens is 4. The van der Waals surface area contributed by atoms with E-state index in [9.17, 15) is 0 Å². The van der Waals surface area contributed by atoms with Crippen molar-refractivity contribution in [1.29, 1.82) is 0 Å². The van der Waals surface area contributed by atoms with Crippen LogP contribution in [0.2, 0.25) is 0 Å². The molecule has 10 aromatic rings. The molecule has 0 aliphatic carbocycles. The maximum atomic E-state index is 5.28. The summed E-state index contributed by atoms with van der Waals surface area (Å²) in [7, 11) is 0.